The normalized spacial score (nSPS) is 12.6. The zero-order valence-electron chi connectivity index (χ0n) is 26.7. The Morgan fingerprint density at radius 3 is 1.98 bits per heavy atom. The molecule has 0 fully saturated rings. The van der Waals surface area contributed by atoms with E-state index in [1.54, 1.807) is 6.21 Å². The van der Waals surface area contributed by atoms with Crippen LogP contribution >= 0.6 is 11.8 Å². The minimum Gasteiger partial charge on any atom is -0.507 e. The van der Waals surface area contributed by atoms with E-state index in [1.165, 1.54) is 17.3 Å². The van der Waals surface area contributed by atoms with Gasteiger partial charge in [-0.15, -0.1) is 10.2 Å². The van der Waals surface area contributed by atoms with Gasteiger partial charge in [0.15, 0.2) is 11.0 Å². The number of carbonyl (C=O) groups is 1. The van der Waals surface area contributed by atoms with Crippen LogP contribution in [0.1, 0.15) is 84.6 Å². The Labute approximate surface area is 259 Å². The molecule has 2 N–H and O–H groups in total. The smallest absolute Gasteiger partial charge is 0.250 e. The first kappa shape index (κ1) is 32.0. The van der Waals surface area contributed by atoms with Gasteiger partial charge in [-0.3, -0.25) is 9.36 Å². The van der Waals surface area contributed by atoms with Gasteiger partial charge in [0.05, 0.1) is 12.0 Å². The first-order valence-electron chi connectivity index (χ1n) is 14.5. The summed E-state index contributed by atoms with van der Waals surface area (Å²) in [5.41, 5.74) is 7.78. The molecule has 0 radical (unpaired) electrons. The van der Waals surface area contributed by atoms with Crippen LogP contribution < -0.4 is 5.43 Å². The predicted molar refractivity (Wildman–Crippen MR) is 177 cm³/mol. The first-order valence-corrected chi connectivity index (χ1v) is 15.5. The van der Waals surface area contributed by atoms with Crippen LogP contribution in [0.2, 0.25) is 0 Å². The summed E-state index contributed by atoms with van der Waals surface area (Å²) in [6.45, 7) is 19.0. The quantitative estimate of drug-likeness (QED) is 0.129. The summed E-state index contributed by atoms with van der Waals surface area (Å²) in [7, 11) is 0. The fourth-order valence-electron chi connectivity index (χ4n) is 4.70. The monoisotopic (exact) mass is 597 g/mol. The van der Waals surface area contributed by atoms with E-state index in [0.29, 0.717) is 16.7 Å². The summed E-state index contributed by atoms with van der Waals surface area (Å²) in [4.78, 5) is 12.8. The molecule has 0 bridgehead atoms. The van der Waals surface area contributed by atoms with Crippen molar-refractivity contribution in [2.24, 2.45) is 5.10 Å². The SMILES string of the molecule is CC(C)(C)c1ccc(-c2nnc(SCC(=O)N/N=C\c3cc(C(C)(C)C)c(O)c(C(C)(C)C)c3)n2-c2ccccc2)cc1. The Morgan fingerprint density at radius 2 is 1.44 bits per heavy atom. The molecule has 1 amide bonds. The van der Waals surface area contributed by atoms with Crippen LogP contribution in [0.15, 0.2) is 77.0 Å². The van der Waals surface area contributed by atoms with Gasteiger partial charge in [0.2, 0.25) is 0 Å². The number of rotatable bonds is 7. The number of hydrazone groups is 1. The first-order chi connectivity index (χ1) is 20.1. The Kier molecular flexibility index (Phi) is 9.21. The number of benzene rings is 3. The lowest BCUT2D eigenvalue weighted by molar-refractivity contribution is -0.118. The number of nitrogens with one attached hydrogen (secondary N) is 1. The Balaban J connectivity index is 1.53. The van der Waals surface area contributed by atoms with Crippen LogP contribution in [0.4, 0.5) is 0 Å². The molecule has 43 heavy (non-hydrogen) atoms. The predicted octanol–water partition coefficient (Wildman–Crippen LogP) is 7.77. The van der Waals surface area contributed by atoms with Gasteiger partial charge >= 0.3 is 0 Å². The number of para-hydroxylation sites is 1. The summed E-state index contributed by atoms with van der Waals surface area (Å²) < 4.78 is 1.98. The summed E-state index contributed by atoms with van der Waals surface area (Å²) >= 11 is 1.30. The van der Waals surface area contributed by atoms with E-state index in [0.717, 1.165) is 27.9 Å². The summed E-state index contributed by atoms with van der Waals surface area (Å²) in [6.07, 6.45) is 1.62. The molecule has 7 nitrogen and oxygen atoms in total. The molecule has 0 aliphatic carbocycles. The molecule has 1 aromatic heterocycles. The van der Waals surface area contributed by atoms with Crippen molar-refractivity contribution in [3.8, 4) is 22.8 Å². The lowest BCUT2D eigenvalue weighted by Gasteiger charge is -2.27. The highest BCUT2D eigenvalue weighted by Crippen LogP contribution is 2.39. The van der Waals surface area contributed by atoms with E-state index < -0.39 is 0 Å². The minimum atomic E-state index is -0.259. The van der Waals surface area contributed by atoms with Crippen LogP contribution in [0.25, 0.3) is 17.1 Å². The van der Waals surface area contributed by atoms with Crippen LogP contribution in [0.5, 0.6) is 5.75 Å². The number of aromatic nitrogens is 3. The van der Waals surface area contributed by atoms with Gasteiger partial charge in [0.25, 0.3) is 5.91 Å². The third-order valence-electron chi connectivity index (χ3n) is 7.14. The van der Waals surface area contributed by atoms with E-state index >= 15 is 0 Å². The third kappa shape index (κ3) is 7.73. The number of phenols is 1. The Hall–Kier alpha value is -3.91. The highest BCUT2D eigenvalue weighted by atomic mass is 32.2. The van der Waals surface area contributed by atoms with Crippen molar-refractivity contribution in [2.45, 2.75) is 83.7 Å². The molecule has 4 rings (SSSR count). The van der Waals surface area contributed by atoms with E-state index in [2.05, 4.69) is 107 Å². The maximum Gasteiger partial charge on any atom is 0.250 e. The van der Waals surface area contributed by atoms with Gasteiger partial charge < -0.3 is 5.11 Å². The van der Waals surface area contributed by atoms with Gasteiger partial charge in [0, 0.05) is 22.4 Å². The lowest BCUT2D eigenvalue weighted by Crippen LogP contribution is -2.20. The minimum absolute atomic E-state index is 0.0501. The summed E-state index contributed by atoms with van der Waals surface area (Å²) in [5.74, 6) is 0.876. The molecule has 0 aliphatic rings. The second kappa shape index (κ2) is 12.4. The second-order valence-electron chi connectivity index (χ2n) is 13.9. The van der Waals surface area contributed by atoms with E-state index in [4.69, 9.17) is 0 Å². The standard InChI is InChI=1S/C35H43N5O2S/c1-33(2,3)25-17-15-24(16-18-25)31-38-39-32(40(31)26-13-11-10-12-14-26)43-22-29(41)37-36-21-23-19-27(34(4,5)6)30(42)28(20-23)35(7,8)9/h10-21,42H,22H2,1-9H3,(H,37,41)/b36-21-. The molecule has 0 atom stereocenters. The van der Waals surface area contributed by atoms with Gasteiger partial charge in [0.1, 0.15) is 5.75 Å². The van der Waals surface area contributed by atoms with E-state index in [9.17, 15) is 9.90 Å². The second-order valence-corrected chi connectivity index (χ2v) is 14.8. The number of hydrogen-bond acceptors (Lipinski definition) is 6. The highest BCUT2D eigenvalue weighted by Gasteiger charge is 2.26. The van der Waals surface area contributed by atoms with Crippen LogP contribution in [-0.4, -0.2) is 37.7 Å². The molecule has 0 spiro atoms. The van der Waals surface area contributed by atoms with E-state index in [-0.39, 0.29) is 27.9 Å². The topological polar surface area (TPSA) is 92.4 Å². The fraction of sp³-hybridized carbons (Fsp3) is 0.371. The van der Waals surface area contributed by atoms with Crippen LogP contribution in [-0.2, 0) is 21.0 Å². The molecule has 0 unspecified atom stereocenters. The Bertz CT molecular complexity index is 1570. The maximum absolute atomic E-state index is 12.8. The van der Waals surface area contributed by atoms with E-state index in [1.807, 2.05) is 47.0 Å². The van der Waals surface area contributed by atoms with Gasteiger partial charge in [-0.2, -0.15) is 5.10 Å². The third-order valence-corrected chi connectivity index (χ3v) is 8.07. The largest absolute Gasteiger partial charge is 0.507 e. The van der Waals surface area contributed by atoms with Crippen molar-refractivity contribution in [3.63, 3.8) is 0 Å². The zero-order valence-corrected chi connectivity index (χ0v) is 27.5. The number of hydrogen-bond donors (Lipinski definition) is 2. The number of amides is 1. The molecule has 0 aliphatic heterocycles. The van der Waals surface area contributed by atoms with Crippen LogP contribution in [0.3, 0.4) is 0 Å². The number of thioether (sulfide) groups is 1. The fourth-order valence-corrected chi connectivity index (χ4v) is 5.44. The van der Waals surface area contributed by atoms with Crippen molar-refractivity contribution in [1.82, 2.24) is 20.2 Å². The molecule has 226 valence electrons. The Morgan fingerprint density at radius 1 is 0.860 bits per heavy atom. The van der Waals surface area contributed by atoms with Gasteiger partial charge in [-0.25, -0.2) is 5.43 Å². The van der Waals surface area contributed by atoms with Gasteiger partial charge in [-0.1, -0.05) is 117 Å². The van der Waals surface area contributed by atoms with Crippen molar-refractivity contribution < 1.29 is 9.90 Å². The van der Waals surface area contributed by atoms with Crippen molar-refractivity contribution in [1.29, 1.82) is 0 Å². The summed E-state index contributed by atoms with van der Waals surface area (Å²) in [5, 5.41) is 24.8. The number of aromatic hydroxyl groups is 1. The number of phenolic OH excluding ortho intramolecular Hbond substituents is 1. The number of carbonyl (C=O) groups excluding carboxylic acids is 1. The molecule has 4 aromatic rings. The van der Waals surface area contributed by atoms with Crippen molar-refractivity contribution in [2.75, 3.05) is 5.75 Å². The highest BCUT2D eigenvalue weighted by molar-refractivity contribution is 7.99. The molecule has 0 saturated heterocycles. The molecule has 0 saturated carbocycles. The average Bonchev–Trinajstić information content (AvgIpc) is 3.35. The van der Waals surface area contributed by atoms with Crippen molar-refractivity contribution >= 4 is 23.9 Å². The van der Waals surface area contributed by atoms with Crippen molar-refractivity contribution in [3.05, 3.63) is 89.0 Å². The van der Waals surface area contributed by atoms with Gasteiger partial charge in [-0.05, 0) is 51.6 Å². The molecular weight excluding hydrogens is 554 g/mol. The molecule has 1 heterocycles. The summed E-state index contributed by atoms with van der Waals surface area (Å²) in [6, 6.07) is 22.1. The average molecular weight is 598 g/mol. The molecule has 3 aromatic carbocycles. The molecular formula is C35H43N5O2S. The number of nitrogens with zero attached hydrogens (tertiary/aromatic N) is 4. The maximum atomic E-state index is 12.8. The van der Waals surface area contributed by atoms with Crippen LogP contribution in [0, 0.1) is 0 Å². The lowest BCUT2D eigenvalue weighted by atomic mass is 9.78. The zero-order chi connectivity index (χ0) is 31.6. The molecule has 8 heteroatoms.